The minimum Gasteiger partial charge on any atom is -0.396 e. The Morgan fingerprint density at radius 1 is 0.448 bits per heavy atom. The fraction of sp³-hybridized carbons (Fsp3) is 0.909. The van der Waals surface area contributed by atoms with Crippen molar-refractivity contribution < 1.29 is 79.7 Å². The summed E-state index contributed by atoms with van der Waals surface area (Å²) in [5, 5.41) is 8.08. The Morgan fingerprint density at radius 3 is 1.00 bits per heavy atom. The molecule has 1 radical (unpaired) electrons. The summed E-state index contributed by atoms with van der Waals surface area (Å²) < 4.78 is 218. The van der Waals surface area contributed by atoms with E-state index in [1.165, 1.54) is 0 Å². The highest BCUT2D eigenvalue weighted by Crippen LogP contribution is 2.64. The van der Waals surface area contributed by atoms with Crippen LogP contribution in [0.4, 0.5) is 74.6 Å². The highest BCUT2D eigenvalue weighted by atomic mass is 19.4. The van der Waals surface area contributed by atoms with Crippen molar-refractivity contribution in [3.63, 3.8) is 0 Å². The molecule has 0 fully saturated rings. The van der Waals surface area contributed by atoms with E-state index >= 15 is 0 Å². The van der Waals surface area contributed by atoms with Crippen molar-refractivity contribution in [1.29, 1.82) is 0 Å². The van der Waals surface area contributed by atoms with E-state index in [0.29, 0.717) is 0 Å². The fourth-order valence-corrected chi connectivity index (χ4v) is 1.57. The van der Waals surface area contributed by atoms with E-state index < -0.39 is 60.7 Å². The lowest BCUT2D eigenvalue weighted by molar-refractivity contribution is -0.461. The molecule has 175 valence electrons. The summed E-state index contributed by atoms with van der Waals surface area (Å²) in [6, 6.07) is 0. The molecule has 0 saturated carbocycles. The van der Waals surface area contributed by atoms with Gasteiger partial charge in [0.05, 0.1) is 0 Å². The molecule has 29 heavy (non-hydrogen) atoms. The smallest absolute Gasteiger partial charge is 0.396 e. The van der Waals surface area contributed by atoms with Crippen LogP contribution in [0.2, 0.25) is 0 Å². The second-order valence-corrected chi connectivity index (χ2v) is 5.32. The van der Waals surface area contributed by atoms with Gasteiger partial charge in [-0.15, -0.1) is 0 Å². The van der Waals surface area contributed by atoms with Crippen molar-refractivity contribution >= 4 is 0 Å². The summed E-state index contributed by atoms with van der Waals surface area (Å²) >= 11 is 0. The fourth-order valence-electron chi connectivity index (χ4n) is 1.57. The van der Waals surface area contributed by atoms with Gasteiger partial charge in [0.2, 0.25) is 0 Å². The summed E-state index contributed by atoms with van der Waals surface area (Å²) in [5.74, 6) is -56.3. The molecule has 0 aromatic carbocycles. The van der Waals surface area contributed by atoms with E-state index in [-0.39, 0.29) is 6.42 Å². The summed E-state index contributed by atoms with van der Waals surface area (Å²) in [6.07, 6.45) is -10.9. The Labute approximate surface area is 148 Å². The zero-order valence-electron chi connectivity index (χ0n) is 12.9. The molecule has 1 nitrogen and oxygen atoms in total. The molecule has 0 atom stereocenters. The van der Waals surface area contributed by atoms with Gasteiger partial charge >= 0.3 is 47.6 Å². The predicted octanol–water partition coefficient (Wildman–Crippen LogP) is 5.58. The van der Waals surface area contributed by atoms with Crippen LogP contribution in [0.5, 0.6) is 0 Å². The Morgan fingerprint density at radius 2 is 0.724 bits per heavy atom. The molecule has 0 aromatic rings. The Bertz CT molecular complexity index is 574. The van der Waals surface area contributed by atoms with E-state index in [2.05, 4.69) is 0 Å². The number of alkyl halides is 17. The van der Waals surface area contributed by atoms with Gasteiger partial charge in [-0.3, -0.25) is 0 Å². The van der Waals surface area contributed by atoms with Crippen LogP contribution in [0, 0.1) is 6.42 Å². The average molecular weight is 477 g/mol. The van der Waals surface area contributed by atoms with Crippen molar-refractivity contribution in [3.8, 4) is 0 Å². The summed E-state index contributed by atoms with van der Waals surface area (Å²) in [4.78, 5) is 0. The Hall–Kier alpha value is -1.23. The normalized spacial score (nSPS) is 16.3. The summed E-state index contributed by atoms with van der Waals surface area (Å²) in [5.41, 5.74) is 0. The van der Waals surface area contributed by atoms with Gasteiger partial charge in [-0.25, -0.2) is 0 Å². The van der Waals surface area contributed by atoms with Crippen molar-refractivity contribution in [2.45, 2.75) is 54.1 Å². The summed E-state index contributed by atoms with van der Waals surface area (Å²) in [7, 11) is 0. The van der Waals surface area contributed by atoms with Gasteiger partial charge in [0.1, 0.15) is 0 Å². The molecule has 0 unspecified atom stereocenters. The first-order valence-corrected chi connectivity index (χ1v) is 6.45. The number of rotatable bonds is 9. The minimum absolute atomic E-state index is 0.382. The molecular weight excluding hydrogens is 471 g/mol. The molecule has 1 N–H and O–H groups in total. The van der Waals surface area contributed by atoms with Gasteiger partial charge in [-0.05, 0) is 6.42 Å². The maximum atomic E-state index is 13.2. The molecule has 0 aromatic heterocycles. The highest BCUT2D eigenvalue weighted by molar-refractivity contribution is 5.15. The van der Waals surface area contributed by atoms with E-state index in [0.717, 1.165) is 0 Å². The molecule has 0 aliphatic rings. The first-order valence-electron chi connectivity index (χ1n) is 6.45. The molecule has 0 amide bonds. The van der Waals surface area contributed by atoms with E-state index in [1.54, 1.807) is 0 Å². The van der Waals surface area contributed by atoms with E-state index in [1.807, 2.05) is 0 Å². The lowest BCUT2D eigenvalue weighted by Gasteiger charge is -2.42. The maximum absolute atomic E-state index is 13.2. The molecule has 0 heterocycles. The Balaban J connectivity index is 6.57. The number of aliphatic hydroxyl groups is 1. The van der Waals surface area contributed by atoms with Crippen molar-refractivity contribution in [2.75, 3.05) is 6.61 Å². The molecule has 0 spiro atoms. The van der Waals surface area contributed by atoms with Crippen LogP contribution < -0.4 is 0 Å². The third kappa shape index (κ3) is 3.68. The van der Waals surface area contributed by atoms with Crippen LogP contribution >= 0.6 is 0 Å². The lowest BCUT2D eigenvalue weighted by Crippen LogP contribution is -2.74. The van der Waals surface area contributed by atoms with Gasteiger partial charge in [0.25, 0.3) is 0 Å². The lowest BCUT2D eigenvalue weighted by atomic mass is 9.88. The van der Waals surface area contributed by atoms with Gasteiger partial charge in [0.15, 0.2) is 0 Å². The average Bonchev–Trinajstić information content (AvgIpc) is 2.50. The first-order chi connectivity index (χ1) is 12.3. The maximum Gasteiger partial charge on any atom is 0.460 e. The van der Waals surface area contributed by atoms with Crippen LogP contribution in [0.25, 0.3) is 0 Å². The standard InChI is InChI=1S/C11H6F17O/c12-4(13,2-1-3-29)5(14,15)6(16,17)7(18,19)8(20,21)9(22,23)10(24,25)11(26,27)28/h1,29H,2-3H2. The summed E-state index contributed by atoms with van der Waals surface area (Å²) in [6.45, 7) is -1.58. The second kappa shape index (κ2) is 7.18. The van der Waals surface area contributed by atoms with Crippen LogP contribution in [0.15, 0.2) is 0 Å². The molecule has 0 aliphatic carbocycles. The Kier molecular flexibility index (Phi) is 6.87. The van der Waals surface area contributed by atoms with Gasteiger partial charge in [0, 0.05) is 13.0 Å². The monoisotopic (exact) mass is 477 g/mol. The predicted molar refractivity (Wildman–Crippen MR) is 56.7 cm³/mol. The quantitative estimate of drug-likeness (QED) is 0.430. The van der Waals surface area contributed by atoms with Gasteiger partial charge in [-0.1, -0.05) is 0 Å². The first kappa shape index (κ1) is 27.8. The topological polar surface area (TPSA) is 20.2 Å². The van der Waals surface area contributed by atoms with E-state index in [4.69, 9.17) is 5.11 Å². The number of halogens is 17. The zero-order chi connectivity index (χ0) is 24.1. The highest BCUT2D eigenvalue weighted by Gasteiger charge is 2.95. The van der Waals surface area contributed by atoms with Crippen LogP contribution in [0.1, 0.15) is 6.42 Å². The molecular formula is C11H6F17O. The third-order valence-electron chi connectivity index (χ3n) is 3.32. The van der Waals surface area contributed by atoms with Crippen LogP contribution in [0.3, 0.4) is 0 Å². The molecule has 0 bridgehead atoms. The number of hydrogen-bond donors (Lipinski definition) is 1. The third-order valence-corrected chi connectivity index (χ3v) is 3.32. The molecule has 18 heteroatoms. The number of aliphatic hydroxyl groups excluding tert-OH is 1. The van der Waals surface area contributed by atoms with Crippen molar-refractivity contribution in [3.05, 3.63) is 6.42 Å². The molecule has 0 aliphatic heterocycles. The second-order valence-electron chi connectivity index (χ2n) is 5.32. The molecule has 0 saturated heterocycles. The van der Waals surface area contributed by atoms with Gasteiger partial charge in [-0.2, -0.15) is 74.6 Å². The van der Waals surface area contributed by atoms with Crippen molar-refractivity contribution in [2.24, 2.45) is 0 Å². The van der Waals surface area contributed by atoms with Gasteiger partial charge < -0.3 is 5.11 Å². The minimum atomic E-state index is -8.62. The van der Waals surface area contributed by atoms with Crippen molar-refractivity contribution in [1.82, 2.24) is 0 Å². The number of hydrogen-bond acceptors (Lipinski definition) is 1. The SMILES string of the molecule is OC[CH]CC(F)(F)C(F)(F)C(F)(F)C(F)(F)C(F)(F)C(F)(F)C(F)(F)C(F)(F)F. The zero-order valence-corrected chi connectivity index (χ0v) is 12.9. The van der Waals surface area contributed by atoms with E-state index in [9.17, 15) is 74.6 Å². The molecule has 0 rings (SSSR count). The van der Waals surface area contributed by atoms with Crippen LogP contribution in [-0.4, -0.2) is 59.3 Å². The largest absolute Gasteiger partial charge is 0.460 e. The van der Waals surface area contributed by atoms with Crippen LogP contribution in [-0.2, 0) is 0 Å².